The minimum atomic E-state index is -1.43. The second-order valence-corrected chi connectivity index (χ2v) is 4.00. The van der Waals surface area contributed by atoms with Crippen LogP contribution >= 0.6 is 0 Å². The van der Waals surface area contributed by atoms with E-state index in [1.54, 1.807) is 0 Å². The van der Waals surface area contributed by atoms with E-state index in [9.17, 15) is 19.8 Å². The molecule has 0 aromatic carbocycles. The van der Waals surface area contributed by atoms with E-state index in [-0.39, 0.29) is 11.3 Å². The highest BCUT2D eigenvalue weighted by molar-refractivity contribution is 5.18. The number of hydrogen-bond donors (Lipinski definition) is 4. The normalized spacial score (nSPS) is 13.9. The molecule has 0 aliphatic carbocycles. The van der Waals surface area contributed by atoms with Crippen LogP contribution in [0.5, 0.6) is 0 Å². The Kier molecular flexibility index (Phi) is 2.83. The molecule has 0 bridgehead atoms. The van der Waals surface area contributed by atoms with Crippen molar-refractivity contribution in [2.24, 2.45) is 0 Å². The fourth-order valence-corrected chi connectivity index (χ4v) is 1.19. The van der Waals surface area contributed by atoms with Gasteiger partial charge >= 0.3 is 5.69 Å². The third-order valence-electron chi connectivity index (χ3n) is 2.16. The van der Waals surface area contributed by atoms with E-state index in [0.717, 1.165) is 0 Å². The summed E-state index contributed by atoms with van der Waals surface area (Å²) in [4.78, 5) is 26.5. The molecule has 0 amide bonds. The van der Waals surface area contributed by atoms with Crippen molar-refractivity contribution < 1.29 is 10.2 Å². The Bertz CT molecular complexity index is 466. The largest absolute Gasteiger partial charge is 0.387 e. The zero-order valence-corrected chi connectivity index (χ0v) is 8.79. The van der Waals surface area contributed by atoms with Gasteiger partial charge in [-0.1, -0.05) is 0 Å². The first-order valence-electron chi connectivity index (χ1n) is 4.47. The summed E-state index contributed by atoms with van der Waals surface area (Å²) in [5.74, 6) is 0. The van der Waals surface area contributed by atoms with Crippen LogP contribution in [0.2, 0.25) is 0 Å². The predicted octanol–water partition coefficient (Wildman–Crippen LogP) is -0.824. The number of aromatic amines is 2. The van der Waals surface area contributed by atoms with Crippen LogP contribution in [0.4, 0.5) is 0 Å². The molecule has 6 nitrogen and oxygen atoms in total. The summed E-state index contributed by atoms with van der Waals surface area (Å²) in [5.41, 5.74) is -2.48. The third kappa shape index (κ3) is 2.34. The monoisotopic (exact) mass is 214 g/mol. The number of aliphatic hydroxyl groups excluding tert-OH is 1. The smallest absolute Gasteiger partial charge is 0.325 e. The third-order valence-corrected chi connectivity index (χ3v) is 2.16. The van der Waals surface area contributed by atoms with E-state index in [1.165, 1.54) is 20.8 Å². The maximum Gasteiger partial charge on any atom is 0.325 e. The molecule has 0 saturated carbocycles. The number of aromatic nitrogens is 2. The summed E-state index contributed by atoms with van der Waals surface area (Å²) in [6, 6.07) is 0. The number of H-pyrrole nitrogens is 2. The van der Waals surface area contributed by atoms with Crippen LogP contribution in [0.15, 0.2) is 9.59 Å². The minimum Gasteiger partial charge on any atom is -0.387 e. The molecule has 15 heavy (non-hydrogen) atoms. The summed E-state index contributed by atoms with van der Waals surface area (Å²) in [6.07, 6.45) is -1.31. The highest BCUT2D eigenvalue weighted by Gasteiger charge is 2.28. The molecule has 6 heteroatoms. The second kappa shape index (κ2) is 3.63. The Morgan fingerprint density at radius 1 is 1.27 bits per heavy atom. The standard InChI is InChI=1S/C9H14N2O4/c1-4-5(6(12)9(2,3)15)10-8(14)11-7(4)13/h6,12,15H,1-3H3,(H2,10,11,13,14). The maximum atomic E-state index is 11.2. The van der Waals surface area contributed by atoms with Crippen molar-refractivity contribution in [3.8, 4) is 0 Å². The van der Waals surface area contributed by atoms with Crippen molar-refractivity contribution in [2.75, 3.05) is 0 Å². The van der Waals surface area contributed by atoms with Crippen LogP contribution in [-0.4, -0.2) is 25.8 Å². The quantitative estimate of drug-likeness (QED) is 0.515. The predicted molar refractivity (Wildman–Crippen MR) is 53.7 cm³/mol. The Morgan fingerprint density at radius 3 is 2.27 bits per heavy atom. The summed E-state index contributed by atoms with van der Waals surface area (Å²) in [6.45, 7) is 4.23. The molecule has 1 aromatic rings. The van der Waals surface area contributed by atoms with Gasteiger partial charge in [0.15, 0.2) is 0 Å². The lowest BCUT2D eigenvalue weighted by atomic mass is 9.97. The van der Waals surface area contributed by atoms with Gasteiger partial charge in [-0.2, -0.15) is 0 Å². The van der Waals surface area contributed by atoms with Gasteiger partial charge in [0.25, 0.3) is 5.56 Å². The molecule has 1 heterocycles. The fraction of sp³-hybridized carbons (Fsp3) is 0.556. The van der Waals surface area contributed by atoms with Crippen molar-refractivity contribution in [2.45, 2.75) is 32.5 Å². The average molecular weight is 214 g/mol. The number of aliphatic hydroxyl groups is 2. The zero-order valence-electron chi connectivity index (χ0n) is 8.79. The topological polar surface area (TPSA) is 106 Å². The highest BCUT2D eigenvalue weighted by atomic mass is 16.3. The van der Waals surface area contributed by atoms with Crippen molar-refractivity contribution >= 4 is 0 Å². The lowest BCUT2D eigenvalue weighted by Crippen LogP contribution is -2.35. The SMILES string of the molecule is Cc1c(C(O)C(C)(C)O)[nH]c(=O)[nH]c1=O. The zero-order chi connectivity index (χ0) is 11.8. The molecule has 0 radical (unpaired) electrons. The molecular weight excluding hydrogens is 200 g/mol. The van der Waals surface area contributed by atoms with Crippen LogP contribution in [0, 0.1) is 6.92 Å². The van der Waals surface area contributed by atoms with Gasteiger partial charge in [-0.15, -0.1) is 0 Å². The van der Waals surface area contributed by atoms with Gasteiger partial charge in [0.2, 0.25) is 0 Å². The molecule has 1 rings (SSSR count). The Morgan fingerprint density at radius 2 is 1.80 bits per heavy atom. The first-order chi connectivity index (χ1) is 6.73. The molecule has 1 aromatic heterocycles. The van der Waals surface area contributed by atoms with E-state index < -0.39 is 23.0 Å². The number of rotatable bonds is 2. The number of hydrogen-bond acceptors (Lipinski definition) is 4. The van der Waals surface area contributed by atoms with Crippen molar-refractivity contribution in [1.82, 2.24) is 9.97 Å². The van der Waals surface area contributed by atoms with E-state index in [2.05, 4.69) is 4.98 Å². The molecule has 4 N–H and O–H groups in total. The van der Waals surface area contributed by atoms with Crippen LogP contribution in [-0.2, 0) is 0 Å². The Hall–Kier alpha value is -1.40. The van der Waals surface area contributed by atoms with Gasteiger partial charge in [0, 0.05) is 5.56 Å². The van der Waals surface area contributed by atoms with Gasteiger partial charge in [0.1, 0.15) is 6.10 Å². The first-order valence-corrected chi connectivity index (χ1v) is 4.47. The van der Waals surface area contributed by atoms with E-state index in [4.69, 9.17) is 0 Å². The molecule has 1 unspecified atom stereocenters. The van der Waals surface area contributed by atoms with Gasteiger partial charge < -0.3 is 15.2 Å². The van der Waals surface area contributed by atoms with Crippen LogP contribution < -0.4 is 11.2 Å². The molecule has 0 saturated heterocycles. The molecule has 0 aliphatic heterocycles. The van der Waals surface area contributed by atoms with Crippen LogP contribution in [0.1, 0.15) is 31.2 Å². The minimum absolute atomic E-state index is 0.0382. The first kappa shape index (κ1) is 11.7. The van der Waals surface area contributed by atoms with Crippen molar-refractivity contribution in [1.29, 1.82) is 0 Å². The molecule has 84 valence electrons. The fourth-order valence-electron chi connectivity index (χ4n) is 1.19. The lowest BCUT2D eigenvalue weighted by Gasteiger charge is -2.25. The Balaban J connectivity index is 3.39. The van der Waals surface area contributed by atoms with Gasteiger partial charge in [-0.25, -0.2) is 4.79 Å². The summed E-state index contributed by atoms with van der Waals surface area (Å²) in [7, 11) is 0. The maximum absolute atomic E-state index is 11.2. The average Bonchev–Trinajstić information content (AvgIpc) is 2.08. The van der Waals surface area contributed by atoms with E-state index in [1.807, 2.05) is 4.98 Å². The van der Waals surface area contributed by atoms with Gasteiger partial charge in [0.05, 0.1) is 11.3 Å². The van der Waals surface area contributed by atoms with Gasteiger partial charge in [-0.3, -0.25) is 9.78 Å². The highest BCUT2D eigenvalue weighted by Crippen LogP contribution is 2.23. The second-order valence-electron chi connectivity index (χ2n) is 4.00. The number of nitrogens with one attached hydrogen (secondary N) is 2. The summed E-state index contributed by atoms with van der Waals surface area (Å²) >= 11 is 0. The molecule has 1 atom stereocenters. The molecular formula is C9H14N2O4. The summed E-state index contributed by atoms with van der Waals surface area (Å²) in [5, 5.41) is 19.3. The van der Waals surface area contributed by atoms with Gasteiger partial charge in [-0.05, 0) is 20.8 Å². The summed E-state index contributed by atoms with van der Waals surface area (Å²) < 4.78 is 0. The van der Waals surface area contributed by atoms with E-state index >= 15 is 0 Å². The lowest BCUT2D eigenvalue weighted by molar-refractivity contribution is -0.0522. The Labute approximate surface area is 85.6 Å². The van der Waals surface area contributed by atoms with Crippen molar-refractivity contribution in [3.63, 3.8) is 0 Å². The van der Waals surface area contributed by atoms with Crippen LogP contribution in [0.25, 0.3) is 0 Å². The van der Waals surface area contributed by atoms with Crippen LogP contribution in [0.3, 0.4) is 0 Å². The molecule has 0 aliphatic rings. The molecule has 0 spiro atoms. The van der Waals surface area contributed by atoms with Crippen molar-refractivity contribution in [3.05, 3.63) is 32.1 Å². The molecule has 0 fully saturated rings. The van der Waals surface area contributed by atoms with E-state index in [0.29, 0.717) is 0 Å².